The van der Waals surface area contributed by atoms with Crippen LogP contribution in [0.4, 0.5) is 11.4 Å². The summed E-state index contributed by atoms with van der Waals surface area (Å²) in [4.78, 5) is 35.8. The fourth-order valence-electron chi connectivity index (χ4n) is 2.46. The molecule has 1 aliphatic heterocycles. The van der Waals surface area contributed by atoms with Crippen LogP contribution in [-0.4, -0.2) is 40.3 Å². The lowest BCUT2D eigenvalue weighted by Crippen LogP contribution is -2.48. The highest BCUT2D eigenvalue weighted by Gasteiger charge is 2.35. The van der Waals surface area contributed by atoms with Crippen molar-refractivity contribution in [1.29, 1.82) is 0 Å². The molecule has 2 amide bonds. The van der Waals surface area contributed by atoms with Gasteiger partial charge in [0.2, 0.25) is 11.8 Å². The topological polar surface area (TPSA) is 119 Å². The Morgan fingerprint density at radius 3 is 2.52 bits per heavy atom. The molecule has 1 heterocycles. The average Bonchev–Trinajstić information content (AvgIpc) is 2.96. The van der Waals surface area contributed by atoms with E-state index in [9.17, 15) is 19.7 Å². The number of likely N-dealkylation sites (tertiary alicyclic amines) is 1. The van der Waals surface area contributed by atoms with Crippen molar-refractivity contribution in [1.82, 2.24) is 4.90 Å². The van der Waals surface area contributed by atoms with Crippen LogP contribution in [0.3, 0.4) is 0 Å². The van der Waals surface area contributed by atoms with Gasteiger partial charge in [-0.3, -0.25) is 19.7 Å². The van der Waals surface area contributed by atoms with Crippen LogP contribution in [0.1, 0.15) is 19.8 Å². The first-order valence-electron chi connectivity index (χ1n) is 7.01. The summed E-state index contributed by atoms with van der Waals surface area (Å²) in [6, 6.07) is 4.36. The van der Waals surface area contributed by atoms with Crippen LogP contribution < -0.4 is 11.1 Å². The Labute approximate surface area is 139 Å². The third-order valence-corrected chi connectivity index (χ3v) is 3.57. The Morgan fingerprint density at radius 2 is 2.00 bits per heavy atom. The van der Waals surface area contributed by atoms with Gasteiger partial charge >= 0.3 is 0 Å². The number of halogens is 1. The molecule has 0 spiro atoms. The zero-order valence-electron chi connectivity index (χ0n) is 12.6. The maximum Gasteiger partial charge on any atom is 0.269 e. The fraction of sp³-hybridized carbons (Fsp3) is 0.429. The number of nitrogens with one attached hydrogen (secondary N) is 1. The van der Waals surface area contributed by atoms with Gasteiger partial charge in [0.25, 0.3) is 5.69 Å². The minimum atomic E-state index is -0.646. The summed E-state index contributed by atoms with van der Waals surface area (Å²) in [5.74, 6) is -0.554. The molecule has 0 bridgehead atoms. The summed E-state index contributed by atoms with van der Waals surface area (Å²) in [5, 5.41) is 13.3. The van der Waals surface area contributed by atoms with Crippen LogP contribution in [0, 0.1) is 10.1 Å². The van der Waals surface area contributed by atoms with Gasteiger partial charge in [-0.15, -0.1) is 12.4 Å². The number of non-ortho nitro benzene ring substituents is 1. The molecule has 3 N–H and O–H groups in total. The highest BCUT2D eigenvalue weighted by molar-refractivity contribution is 5.98. The molecule has 1 aromatic carbocycles. The predicted octanol–water partition coefficient (Wildman–Crippen LogP) is 1.29. The van der Waals surface area contributed by atoms with Crippen LogP contribution in [0.15, 0.2) is 24.3 Å². The molecule has 0 aliphatic carbocycles. The predicted molar refractivity (Wildman–Crippen MR) is 87.4 cm³/mol. The van der Waals surface area contributed by atoms with Gasteiger partial charge in [-0.25, -0.2) is 0 Å². The molecular formula is C14H19ClN4O4. The zero-order chi connectivity index (χ0) is 16.3. The third-order valence-electron chi connectivity index (χ3n) is 3.57. The highest BCUT2D eigenvalue weighted by Crippen LogP contribution is 2.21. The van der Waals surface area contributed by atoms with Crippen molar-refractivity contribution >= 4 is 35.6 Å². The molecule has 1 aliphatic rings. The van der Waals surface area contributed by atoms with E-state index in [1.54, 1.807) is 6.92 Å². The second-order valence-corrected chi connectivity index (χ2v) is 5.27. The number of rotatable bonds is 4. The third kappa shape index (κ3) is 4.40. The Morgan fingerprint density at radius 1 is 1.39 bits per heavy atom. The zero-order valence-corrected chi connectivity index (χ0v) is 13.4. The number of hydrogen-bond donors (Lipinski definition) is 2. The molecule has 8 nitrogen and oxygen atoms in total. The van der Waals surface area contributed by atoms with Crippen molar-refractivity contribution in [2.45, 2.75) is 31.8 Å². The van der Waals surface area contributed by atoms with E-state index in [-0.39, 0.29) is 29.9 Å². The lowest BCUT2D eigenvalue weighted by Gasteiger charge is -2.25. The van der Waals surface area contributed by atoms with E-state index in [1.165, 1.54) is 29.2 Å². The monoisotopic (exact) mass is 342 g/mol. The highest BCUT2D eigenvalue weighted by atomic mass is 35.5. The van der Waals surface area contributed by atoms with Crippen molar-refractivity contribution in [3.8, 4) is 0 Å². The number of nitrogens with zero attached hydrogens (tertiary/aromatic N) is 2. The maximum atomic E-state index is 12.3. The minimum absolute atomic E-state index is 0. The van der Waals surface area contributed by atoms with Gasteiger partial charge in [0.05, 0.1) is 11.0 Å². The first-order chi connectivity index (χ1) is 10.4. The number of hydrogen-bond acceptors (Lipinski definition) is 5. The van der Waals surface area contributed by atoms with E-state index in [0.717, 1.165) is 6.42 Å². The first-order valence-corrected chi connectivity index (χ1v) is 7.01. The molecule has 2 atom stereocenters. The quantitative estimate of drug-likeness (QED) is 0.631. The van der Waals surface area contributed by atoms with Gasteiger partial charge in [0.1, 0.15) is 6.04 Å². The number of nitro benzene ring substituents is 1. The summed E-state index contributed by atoms with van der Waals surface area (Å²) in [5.41, 5.74) is 5.99. The molecule has 1 aromatic rings. The molecule has 1 saturated heterocycles. The number of benzene rings is 1. The van der Waals surface area contributed by atoms with Crippen molar-refractivity contribution in [3.05, 3.63) is 34.4 Å². The largest absolute Gasteiger partial charge is 0.329 e. The Hall–Kier alpha value is -2.19. The summed E-state index contributed by atoms with van der Waals surface area (Å²) >= 11 is 0. The van der Waals surface area contributed by atoms with Crippen molar-refractivity contribution in [3.63, 3.8) is 0 Å². The molecule has 23 heavy (non-hydrogen) atoms. The van der Waals surface area contributed by atoms with Gasteiger partial charge < -0.3 is 16.0 Å². The molecule has 126 valence electrons. The standard InChI is InChI=1S/C14H18N4O4.ClH/c1-9(15)14(20)17-8-2-3-12(17)13(19)16-10-4-6-11(7-5-10)18(21)22;/h4-7,9,12H,2-3,8,15H2,1H3,(H,16,19);1H. The number of amides is 2. The summed E-state index contributed by atoms with van der Waals surface area (Å²) in [6.07, 6.45) is 1.33. The number of carbonyl (C=O) groups is 2. The summed E-state index contributed by atoms with van der Waals surface area (Å²) < 4.78 is 0. The van der Waals surface area contributed by atoms with E-state index < -0.39 is 17.0 Å². The van der Waals surface area contributed by atoms with Crippen molar-refractivity contribution in [2.75, 3.05) is 11.9 Å². The maximum absolute atomic E-state index is 12.3. The summed E-state index contributed by atoms with van der Waals surface area (Å²) in [6.45, 7) is 2.10. The van der Waals surface area contributed by atoms with Crippen LogP contribution in [0.25, 0.3) is 0 Å². The van der Waals surface area contributed by atoms with E-state index in [1.807, 2.05) is 0 Å². The van der Waals surface area contributed by atoms with Crippen LogP contribution in [0.2, 0.25) is 0 Å². The SMILES string of the molecule is CC(N)C(=O)N1CCCC1C(=O)Nc1ccc([N+](=O)[O-])cc1.Cl. The fourth-order valence-corrected chi connectivity index (χ4v) is 2.46. The Kier molecular flexibility index (Phi) is 6.47. The molecule has 0 radical (unpaired) electrons. The normalized spacial score (nSPS) is 18.0. The van der Waals surface area contributed by atoms with Gasteiger partial charge in [-0.2, -0.15) is 0 Å². The van der Waals surface area contributed by atoms with E-state index in [2.05, 4.69) is 5.32 Å². The van der Waals surface area contributed by atoms with Gasteiger partial charge in [0, 0.05) is 24.4 Å². The second kappa shape index (κ2) is 7.89. The van der Waals surface area contributed by atoms with Gasteiger partial charge in [-0.1, -0.05) is 0 Å². The van der Waals surface area contributed by atoms with Crippen molar-refractivity contribution < 1.29 is 14.5 Å². The van der Waals surface area contributed by atoms with E-state index in [4.69, 9.17) is 5.73 Å². The van der Waals surface area contributed by atoms with E-state index >= 15 is 0 Å². The smallest absolute Gasteiger partial charge is 0.269 e. The average molecular weight is 343 g/mol. The molecule has 2 unspecified atom stereocenters. The van der Waals surface area contributed by atoms with Crippen LogP contribution in [-0.2, 0) is 9.59 Å². The lowest BCUT2D eigenvalue weighted by atomic mass is 10.2. The number of anilines is 1. The van der Waals surface area contributed by atoms with Gasteiger partial charge in [0.15, 0.2) is 0 Å². The minimum Gasteiger partial charge on any atom is -0.329 e. The molecule has 2 rings (SSSR count). The number of carbonyl (C=O) groups excluding carboxylic acids is 2. The Balaban J connectivity index is 0.00000264. The summed E-state index contributed by atoms with van der Waals surface area (Å²) in [7, 11) is 0. The van der Waals surface area contributed by atoms with Crippen molar-refractivity contribution in [2.24, 2.45) is 5.73 Å². The molecule has 0 aromatic heterocycles. The molecule has 0 saturated carbocycles. The molecule has 1 fully saturated rings. The van der Waals surface area contributed by atoms with Gasteiger partial charge in [-0.05, 0) is 31.9 Å². The molecule has 9 heteroatoms. The number of nitro groups is 1. The Bertz CT molecular complexity index is 591. The lowest BCUT2D eigenvalue weighted by molar-refractivity contribution is -0.384. The first kappa shape index (κ1) is 18.9. The second-order valence-electron chi connectivity index (χ2n) is 5.27. The van der Waals surface area contributed by atoms with Crippen LogP contribution in [0.5, 0.6) is 0 Å². The van der Waals surface area contributed by atoms with Crippen LogP contribution >= 0.6 is 12.4 Å². The number of nitrogens with two attached hydrogens (primary N) is 1. The molecular weight excluding hydrogens is 324 g/mol. The van der Waals surface area contributed by atoms with E-state index in [0.29, 0.717) is 18.7 Å².